The molecule has 0 atom stereocenters. The predicted octanol–water partition coefficient (Wildman–Crippen LogP) is 13.9. The Balaban J connectivity index is 0.00000139. The molecule has 0 fully saturated rings. The number of aliphatic imine (C=N–C) groups is 2. The van der Waals surface area contributed by atoms with E-state index in [9.17, 15) is 0 Å². The molecular formula is C42H44Br2N2Ni. The first-order chi connectivity index (χ1) is 22.6. The molecule has 5 aromatic rings. The van der Waals surface area contributed by atoms with Crippen LogP contribution in [0.25, 0.3) is 21.9 Å². The van der Waals surface area contributed by atoms with Gasteiger partial charge in [-0.15, -0.1) is 0 Å². The minimum atomic E-state index is 0.354. The van der Waals surface area contributed by atoms with Crippen molar-refractivity contribution in [3.8, 4) is 11.1 Å². The average Bonchev–Trinajstić information content (AvgIpc) is 3.34. The maximum atomic E-state index is 5.66. The van der Waals surface area contributed by atoms with Crippen LogP contribution >= 0.6 is 28.5 Å². The van der Waals surface area contributed by atoms with Crippen LogP contribution in [0.5, 0.6) is 0 Å². The molecule has 0 spiro atoms. The Morgan fingerprint density at radius 3 is 1.26 bits per heavy atom. The molecule has 47 heavy (non-hydrogen) atoms. The number of nitrogens with zero attached hydrogens (tertiary/aromatic N) is 2. The van der Waals surface area contributed by atoms with Gasteiger partial charge in [-0.25, -0.2) is 9.98 Å². The van der Waals surface area contributed by atoms with Gasteiger partial charge in [0.25, 0.3) is 0 Å². The summed E-state index contributed by atoms with van der Waals surface area (Å²) in [7, 11) is 1.25. The summed E-state index contributed by atoms with van der Waals surface area (Å²) in [6.07, 6.45) is 0. The molecule has 0 heterocycles. The van der Waals surface area contributed by atoms with E-state index in [-0.39, 0.29) is 0 Å². The first-order valence-corrected chi connectivity index (χ1v) is 21.3. The molecule has 246 valence electrons. The van der Waals surface area contributed by atoms with Gasteiger partial charge in [-0.05, 0) is 62.4 Å². The summed E-state index contributed by atoms with van der Waals surface area (Å²) in [6, 6.07) is 35.3. The second-order valence-corrected chi connectivity index (χ2v) is 18.4. The number of hydrogen-bond acceptors (Lipinski definition) is 2. The Morgan fingerprint density at radius 1 is 0.447 bits per heavy atom. The predicted molar refractivity (Wildman–Crippen MR) is 209 cm³/mol. The van der Waals surface area contributed by atoms with E-state index in [0.717, 1.165) is 33.9 Å². The number of hydrogen-bond donors (Lipinski definition) is 0. The molecule has 0 bridgehead atoms. The fourth-order valence-electron chi connectivity index (χ4n) is 6.66. The molecule has 5 heteroatoms. The fraction of sp³-hybridized carbons (Fsp3) is 0.286. The Labute approximate surface area is 301 Å². The van der Waals surface area contributed by atoms with Gasteiger partial charge in [0.15, 0.2) is 0 Å². The van der Waals surface area contributed by atoms with E-state index >= 15 is 0 Å². The zero-order chi connectivity index (χ0) is 33.8. The monoisotopic (exact) mass is 792 g/mol. The van der Waals surface area contributed by atoms with Crippen molar-refractivity contribution in [2.75, 3.05) is 0 Å². The molecule has 5 aromatic carbocycles. The molecule has 6 rings (SSSR count). The van der Waals surface area contributed by atoms with Crippen LogP contribution < -0.4 is 0 Å². The summed E-state index contributed by atoms with van der Waals surface area (Å²) >= 11 is 6.00. The van der Waals surface area contributed by atoms with Gasteiger partial charge in [-0.1, -0.05) is 152 Å². The van der Waals surface area contributed by atoms with Crippen LogP contribution in [0, 0.1) is 0 Å². The molecule has 0 aliphatic heterocycles. The number of para-hydroxylation sites is 2. The van der Waals surface area contributed by atoms with Crippen molar-refractivity contribution < 1.29 is 10.9 Å². The van der Waals surface area contributed by atoms with E-state index < -0.39 is 0 Å². The SMILES string of the molecule is CC(C)c1cccc(C(C)C)c1N=C1C(=Nc2c(C(C)C)cccc2C(C)C)c2ccc(-c3ccccc3)c3cccc1c23.[Br][Ni][Br]. The fourth-order valence-corrected chi connectivity index (χ4v) is 6.66. The van der Waals surface area contributed by atoms with Crippen LogP contribution in [-0.4, -0.2) is 11.4 Å². The molecule has 0 saturated heterocycles. The average molecular weight is 795 g/mol. The quantitative estimate of drug-likeness (QED) is 0.147. The molecule has 0 N–H and O–H groups in total. The summed E-state index contributed by atoms with van der Waals surface area (Å²) in [6.45, 7) is 18.1. The second-order valence-electron chi connectivity index (χ2n) is 13.4. The normalized spacial score (nSPS) is 14.3. The van der Waals surface area contributed by atoms with E-state index in [1.807, 2.05) is 0 Å². The van der Waals surface area contributed by atoms with Crippen molar-refractivity contribution in [1.82, 2.24) is 0 Å². The first-order valence-electron chi connectivity index (χ1n) is 16.5. The van der Waals surface area contributed by atoms with Gasteiger partial charge in [0.2, 0.25) is 0 Å². The first kappa shape index (κ1) is 35.5. The Kier molecular flexibility index (Phi) is 11.8. The third-order valence-corrected chi connectivity index (χ3v) is 8.99. The van der Waals surface area contributed by atoms with Crippen molar-refractivity contribution >= 4 is 62.0 Å². The van der Waals surface area contributed by atoms with Crippen molar-refractivity contribution in [3.63, 3.8) is 0 Å². The topological polar surface area (TPSA) is 24.7 Å². The summed E-state index contributed by atoms with van der Waals surface area (Å²) < 4.78 is 0. The second kappa shape index (κ2) is 15.6. The minimum absolute atomic E-state index is 0.354. The van der Waals surface area contributed by atoms with E-state index in [2.05, 4.69) is 181 Å². The molecule has 1 aliphatic carbocycles. The molecule has 0 amide bonds. The van der Waals surface area contributed by atoms with Crippen molar-refractivity contribution in [2.45, 2.75) is 79.1 Å². The van der Waals surface area contributed by atoms with Gasteiger partial charge in [0.05, 0.1) is 22.8 Å². The van der Waals surface area contributed by atoms with Crippen LogP contribution in [0.15, 0.2) is 107 Å². The van der Waals surface area contributed by atoms with E-state index in [1.165, 1.54) is 55.1 Å². The molecule has 0 aromatic heterocycles. The zero-order valence-electron chi connectivity index (χ0n) is 28.5. The molecule has 1 aliphatic rings. The van der Waals surface area contributed by atoms with E-state index in [0.29, 0.717) is 23.7 Å². The molecule has 0 radical (unpaired) electrons. The van der Waals surface area contributed by atoms with Gasteiger partial charge in [0, 0.05) is 16.5 Å². The van der Waals surface area contributed by atoms with Crippen LogP contribution in [0.4, 0.5) is 11.4 Å². The molecular weight excluding hydrogens is 751 g/mol. The van der Waals surface area contributed by atoms with Crippen molar-refractivity contribution in [1.29, 1.82) is 0 Å². The van der Waals surface area contributed by atoms with Crippen LogP contribution in [0.3, 0.4) is 0 Å². The third kappa shape index (κ3) is 7.29. The Bertz CT molecular complexity index is 1800. The van der Waals surface area contributed by atoms with E-state index in [4.69, 9.17) is 9.98 Å². The van der Waals surface area contributed by atoms with Crippen LogP contribution in [-0.2, 0) is 10.9 Å². The van der Waals surface area contributed by atoms with Gasteiger partial charge in [-0.3, -0.25) is 0 Å². The van der Waals surface area contributed by atoms with Crippen LogP contribution in [0.2, 0.25) is 0 Å². The molecule has 0 unspecified atom stereocenters. The summed E-state index contributed by atoms with van der Waals surface area (Å²) in [5.41, 5.74) is 14.0. The Hall–Kier alpha value is -2.85. The van der Waals surface area contributed by atoms with E-state index in [1.54, 1.807) is 0 Å². The zero-order valence-corrected chi connectivity index (χ0v) is 32.7. The van der Waals surface area contributed by atoms with Crippen LogP contribution in [0.1, 0.15) is 112 Å². The van der Waals surface area contributed by atoms with Crippen molar-refractivity contribution in [3.05, 3.63) is 130 Å². The number of benzene rings is 5. The van der Waals surface area contributed by atoms with Gasteiger partial charge in [-0.2, -0.15) is 0 Å². The number of halogens is 2. The standard InChI is InChI=1S/C42H44N2.2BrH.Ni/c1-25(2)30-17-12-18-31(26(3)4)39(30)43-41-36-22-14-21-35-34(29-15-10-9-11-16-29)23-24-37(38(35)36)42(41)44-40-32(27(5)6)19-13-20-33(40)28(7)8;;;/h9-28H,1-8H3;2*1H;/q;;;+2/p-2. The molecule has 2 nitrogen and oxygen atoms in total. The number of rotatable bonds is 7. The summed E-state index contributed by atoms with van der Waals surface area (Å²) in [4.78, 5) is 11.3. The van der Waals surface area contributed by atoms with Crippen molar-refractivity contribution in [2.24, 2.45) is 9.98 Å². The summed E-state index contributed by atoms with van der Waals surface area (Å²) in [5, 5.41) is 2.49. The van der Waals surface area contributed by atoms with Gasteiger partial charge in [0.1, 0.15) is 0 Å². The van der Waals surface area contributed by atoms with Gasteiger partial charge >= 0.3 is 39.3 Å². The Morgan fingerprint density at radius 2 is 0.830 bits per heavy atom. The molecule has 0 saturated carbocycles. The third-order valence-electron chi connectivity index (χ3n) is 8.99. The maximum absolute atomic E-state index is 5.66. The van der Waals surface area contributed by atoms with Gasteiger partial charge < -0.3 is 0 Å². The summed E-state index contributed by atoms with van der Waals surface area (Å²) in [5.74, 6) is 1.41.